The van der Waals surface area contributed by atoms with Crippen molar-refractivity contribution in [2.24, 2.45) is 4.99 Å². The molecule has 0 aromatic carbocycles. The minimum absolute atomic E-state index is 0.176. The minimum atomic E-state index is -0.935. The molecule has 2 N–H and O–H groups in total. The zero-order valence-electron chi connectivity index (χ0n) is 9.11. The van der Waals surface area contributed by atoms with Crippen LogP contribution in [0.4, 0.5) is 4.79 Å². The van der Waals surface area contributed by atoms with Gasteiger partial charge >= 0.3 is 12.0 Å². The molecule has 0 aliphatic rings. The van der Waals surface area contributed by atoms with Gasteiger partial charge in [0.05, 0.1) is 6.61 Å². The fourth-order valence-corrected chi connectivity index (χ4v) is 0.278. The van der Waals surface area contributed by atoms with Crippen molar-refractivity contribution in [1.82, 2.24) is 5.48 Å². The Morgan fingerprint density at radius 1 is 1.60 bits per heavy atom. The van der Waals surface area contributed by atoms with E-state index in [1.807, 2.05) is 0 Å². The fourth-order valence-electron chi connectivity index (χ4n) is 0.278. The maximum absolute atomic E-state index is 10.4. The zero-order chi connectivity index (χ0) is 12.3. The number of carboxylic acids is 1. The number of hydroxylamine groups is 1. The standard InChI is InChI=1S/C5H10N2O2.C4H6O2/c1-3-6-5(8)7-9-4-2;1-3(2)4(5)6/h3H,4H2,1-2H3,(H,7,8);1H2,2H3,(H,5,6). The number of nitrogens with one attached hydrogen (secondary N) is 1. The van der Waals surface area contributed by atoms with Crippen molar-refractivity contribution < 1.29 is 19.5 Å². The smallest absolute Gasteiger partial charge is 0.364 e. The summed E-state index contributed by atoms with van der Waals surface area (Å²) in [5.41, 5.74) is 2.27. The first-order valence-electron chi connectivity index (χ1n) is 4.24. The summed E-state index contributed by atoms with van der Waals surface area (Å²) in [5.74, 6) is -0.935. The number of urea groups is 1. The Balaban J connectivity index is 0. The van der Waals surface area contributed by atoms with E-state index in [0.717, 1.165) is 0 Å². The van der Waals surface area contributed by atoms with Gasteiger partial charge in [-0.05, 0) is 20.8 Å². The Bertz CT molecular complexity index is 236. The van der Waals surface area contributed by atoms with Crippen LogP contribution in [0.1, 0.15) is 20.8 Å². The number of nitrogens with zero attached hydrogens (tertiary/aromatic N) is 1. The van der Waals surface area contributed by atoms with E-state index in [9.17, 15) is 9.59 Å². The highest BCUT2D eigenvalue weighted by Crippen LogP contribution is 1.81. The highest BCUT2D eigenvalue weighted by molar-refractivity contribution is 5.84. The van der Waals surface area contributed by atoms with Crippen LogP contribution >= 0.6 is 0 Å². The minimum Gasteiger partial charge on any atom is -0.478 e. The summed E-state index contributed by atoms with van der Waals surface area (Å²) in [4.78, 5) is 27.9. The quantitative estimate of drug-likeness (QED) is 0.424. The Labute approximate surface area is 88.6 Å². The molecule has 0 aliphatic heterocycles. The van der Waals surface area contributed by atoms with Gasteiger partial charge in [-0.1, -0.05) is 6.58 Å². The maximum Gasteiger partial charge on any atom is 0.364 e. The summed E-state index contributed by atoms with van der Waals surface area (Å²) >= 11 is 0. The predicted octanol–water partition coefficient (Wildman–Crippen LogP) is 1.39. The SMILES string of the molecule is C=C(C)C(=O)O.CC=NC(=O)NOCC. The third kappa shape index (κ3) is 15.1. The van der Waals surface area contributed by atoms with Crippen LogP contribution in [-0.2, 0) is 9.63 Å². The van der Waals surface area contributed by atoms with Crippen LogP contribution in [0.25, 0.3) is 0 Å². The van der Waals surface area contributed by atoms with Crippen LogP contribution in [0.5, 0.6) is 0 Å². The zero-order valence-corrected chi connectivity index (χ0v) is 9.11. The van der Waals surface area contributed by atoms with Gasteiger partial charge in [0, 0.05) is 11.8 Å². The first-order chi connectivity index (χ1) is 6.95. The molecule has 0 spiro atoms. The summed E-state index contributed by atoms with van der Waals surface area (Å²) in [6, 6.07) is -0.473. The van der Waals surface area contributed by atoms with Gasteiger partial charge in [0.2, 0.25) is 0 Å². The van der Waals surface area contributed by atoms with Crippen molar-refractivity contribution in [2.45, 2.75) is 20.8 Å². The third-order valence-corrected chi connectivity index (χ3v) is 0.915. The van der Waals surface area contributed by atoms with Crippen molar-refractivity contribution in [1.29, 1.82) is 0 Å². The van der Waals surface area contributed by atoms with E-state index in [2.05, 4.69) is 21.9 Å². The molecule has 2 amide bonds. The highest BCUT2D eigenvalue weighted by atomic mass is 16.7. The molecule has 0 saturated carbocycles. The number of aliphatic imine (C=N–C) groups is 1. The number of amides is 2. The molecular weight excluding hydrogens is 200 g/mol. The van der Waals surface area contributed by atoms with Crippen molar-refractivity contribution in [3.8, 4) is 0 Å². The lowest BCUT2D eigenvalue weighted by atomic mass is 10.4. The molecule has 86 valence electrons. The molecule has 0 bridgehead atoms. The molecule has 0 fully saturated rings. The number of hydrogen-bond donors (Lipinski definition) is 2. The van der Waals surface area contributed by atoms with Gasteiger partial charge in [-0.15, -0.1) is 0 Å². The molecule has 0 radical (unpaired) electrons. The van der Waals surface area contributed by atoms with Crippen LogP contribution < -0.4 is 5.48 Å². The molecule has 0 atom stereocenters. The normalized spacial score (nSPS) is 9.00. The summed E-state index contributed by atoms with van der Waals surface area (Å²) in [6.45, 7) is 8.48. The van der Waals surface area contributed by atoms with E-state index in [1.165, 1.54) is 13.1 Å². The lowest BCUT2D eigenvalue weighted by Crippen LogP contribution is -2.19. The van der Waals surface area contributed by atoms with Crippen molar-refractivity contribution in [2.75, 3.05) is 6.61 Å². The van der Waals surface area contributed by atoms with Gasteiger partial charge in [0.15, 0.2) is 0 Å². The van der Waals surface area contributed by atoms with E-state index >= 15 is 0 Å². The fraction of sp³-hybridized carbons (Fsp3) is 0.444. The topological polar surface area (TPSA) is 88.0 Å². The third-order valence-electron chi connectivity index (χ3n) is 0.915. The Hall–Kier alpha value is -1.69. The number of carbonyl (C=O) groups is 2. The van der Waals surface area contributed by atoms with E-state index in [1.54, 1.807) is 13.8 Å². The molecule has 0 aliphatic carbocycles. The van der Waals surface area contributed by atoms with Crippen LogP contribution in [0.3, 0.4) is 0 Å². The number of carboxylic acid groups (broad SMARTS) is 1. The van der Waals surface area contributed by atoms with Gasteiger partial charge in [0.25, 0.3) is 0 Å². The monoisotopic (exact) mass is 216 g/mol. The summed E-state index contributed by atoms with van der Waals surface area (Å²) in [5, 5.41) is 7.89. The largest absolute Gasteiger partial charge is 0.478 e. The first kappa shape index (κ1) is 15.8. The second kappa shape index (κ2) is 10.4. The van der Waals surface area contributed by atoms with Crippen molar-refractivity contribution in [3.63, 3.8) is 0 Å². The summed E-state index contributed by atoms with van der Waals surface area (Å²) in [6.07, 6.45) is 1.40. The van der Waals surface area contributed by atoms with Crippen LogP contribution in [-0.4, -0.2) is 29.9 Å². The summed E-state index contributed by atoms with van der Waals surface area (Å²) < 4.78 is 0. The van der Waals surface area contributed by atoms with Gasteiger partial charge in [0.1, 0.15) is 0 Å². The van der Waals surface area contributed by atoms with E-state index in [-0.39, 0.29) is 5.57 Å². The van der Waals surface area contributed by atoms with Crippen LogP contribution in [0.15, 0.2) is 17.1 Å². The molecule has 0 unspecified atom stereocenters. The molecule has 0 aromatic heterocycles. The van der Waals surface area contributed by atoms with Gasteiger partial charge < -0.3 is 5.11 Å². The highest BCUT2D eigenvalue weighted by Gasteiger charge is 1.90. The molecule has 0 rings (SSSR count). The second-order valence-electron chi connectivity index (χ2n) is 2.31. The number of rotatable bonds is 3. The van der Waals surface area contributed by atoms with E-state index in [4.69, 9.17) is 5.11 Å². The summed E-state index contributed by atoms with van der Waals surface area (Å²) in [7, 11) is 0. The Morgan fingerprint density at radius 3 is 2.33 bits per heavy atom. The van der Waals surface area contributed by atoms with Crippen molar-refractivity contribution >= 4 is 18.2 Å². The molecule has 6 heteroatoms. The Kier molecular flexibility index (Phi) is 10.9. The van der Waals surface area contributed by atoms with Crippen LogP contribution in [0, 0.1) is 0 Å². The predicted molar refractivity (Wildman–Crippen MR) is 56.8 cm³/mol. The van der Waals surface area contributed by atoms with E-state index < -0.39 is 12.0 Å². The van der Waals surface area contributed by atoms with Gasteiger partial charge in [-0.2, -0.15) is 0 Å². The maximum atomic E-state index is 10.4. The Morgan fingerprint density at radius 2 is 2.07 bits per heavy atom. The number of carbonyl (C=O) groups excluding carboxylic acids is 1. The second-order valence-corrected chi connectivity index (χ2v) is 2.31. The van der Waals surface area contributed by atoms with Gasteiger partial charge in [-0.25, -0.2) is 20.1 Å². The molecular formula is C9H16N2O4. The lowest BCUT2D eigenvalue weighted by Gasteiger charge is -1.95. The van der Waals surface area contributed by atoms with E-state index in [0.29, 0.717) is 6.61 Å². The molecule has 0 heterocycles. The van der Waals surface area contributed by atoms with Crippen LogP contribution in [0.2, 0.25) is 0 Å². The molecule has 15 heavy (non-hydrogen) atoms. The lowest BCUT2D eigenvalue weighted by molar-refractivity contribution is -0.132. The van der Waals surface area contributed by atoms with Gasteiger partial charge in [-0.3, -0.25) is 4.84 Å². The number of aliphatic carboxylic acids is 1. The molecule has 0 aromatic rings. The average molecular weight is 216 g/mol. The molecule has 6 nitrogen and oxygen atoms in total. The average Bonchev–Trinajstić information content (AvgIpc) is 2.16. The first-order valence-corrected chi connectivity index (χ1v) is 4.24. The molecule has 0 saturated heterocycles. The van der Waals surface area contributed by atoms with Crippen molar-refractivity contribution in [3.05, 3.63) is 12.2 Å². The number of hydrogen-bond acceptors (Lipinski definition) is 3.